The summed E-state index contributed by atoms with van der Waals surface area (Å²) in [5.74, 6) is 1.62. The summed E-state index contributed by atoms with van der Waals surface area (Å²) >= 11 is 1.24. The number of fused-ring (bicyclic) bond motifs is 1. The van der Waals surface area contributed by atoms with Crippen molar-refractivity contribution >= 4 is 11.3 Å². The molecule has 1 aliphatic rings. The Hall–Kier alpha value is -2.84. The van der Waals surface area contributed by atoms with E-state index in [2.05, 4.69) is 23.2 Å². The lowest BCUT2D eigenvalue weighted by Crippen LogP contribution is -2.15. The quantitative estimate of drug-likeness (QED) is 0.685. The molecule has 1 atom stereocenters. The highest BCUT2D eigenvalue weighted by Crippen LogP contribution is 2.37. The average molecular weight is 334 g/mol. The Morgan fingerprint density at radius 1 is 1.21 bits per heavy atom. The van der Waals surface area contributed by atoms with Gasteiger partial charge in [-0.25, -0.2) is 4.98 Å². The highest BCUT2D eigenvalue weighted by molar-refractivity contribution is 7.13. The molecule has 5 heteroatoms. The number of aromatic nitrogens is 1. The van der Waals surface area contributed by atoms with Gasteiger partial charge in [-0.3, -0.25) is 0 Å². The molecule has 1 unspecified atom stereocenters. The third-order valence-corrected chi connectivity index (χ3v) is 4.73. The smallest absolute Gasteiger partial charge is 0.279 e. The topological polar surface area (TPSA) is 55.1 Å². The van der Waals surface area contributed by atoms with Crippen molar-refractivity contribution in [3.63, 3.8) is 0 Å². The van der Waals surface area contributed by atoms with E-state index in [0.29, 0.717) is 15.8 Å². The van der Waals surface area contributed by atoms with Crippen molar-refractivity contribution in [1.82, 2.24) is 4.98 Å². The number of hydrogen-bond donors (Lipinski definition) is 0. The van der Waals surface area contributed by atoms with E-state index in [-0.39, 0.29) is 6.10 Å². The van der Waals surface area contributed by atoms with Crippen molar-refractivity contribution in [3.05, 3.63) is 70.7 Å². The van der Waals surface area contributed by atoms with E-state index in [0.717, 1.165) is 24.2 Å². The van der Waals surface area contributed by atoms with Gasteiger partial charge in [0.2, 0.25) is 0 Å². The predicted molar refractivity (Wildman–Crippen MR) is 91.5 cm³/mol. The Labute approximate surface area is 143 Å². The molecule has 118 valence electrons. The van der Waals surface area contributed by atoms with E-state index < -0.39 is 0 Å². The molecule has 0 saturated heterocycles. The second kappa shape index (κ2) is 6.34. The van der Waals surface area contributed by atoms with Gasteiger partial charge in [-0.1, -0.05) is 41.7 Å². The van der Waals surface area contributed by atoms with Crippen LogP contribution in [-0.4, -0.2) is 4.98 Å². The molecule has 0 bridgehead atoms. The molecule has 0 spiro atoms. The number of rotatable bonds is 3. The van der Waals surface area contributed by atoms with Gasteiger partial charge in [0, 0.05) is 0 Å². The number of ether oxygens (including phenoxy) is 2. The van der Waals surface area contributed by atoms with Crippen molar-refractivity contribution in [2.24, 2.45) is 0 Å². The first-order valence-electron chi connectivity index (χ1n) is 7.70. The van der Waals surface area contributed by atoms with Gasteiger partial charge in [0.15, 0.2) is 0 Å². The molecule has 1 aliphatic heterocycles. The van der Waals surface area contributed by atoms with Crippen LogP contribution in [0.2, 0.25) is 0 Å². The van der Waals surface area contributed by atoms with Crippen LogP contribution in [0.5, 0.6) is 16.7 Å². The van der Waals surface area contributed by atoms with E-state index in [1.165, 1.54) is 23.1 Å². The van der Waals surface area contributed by atoms with E-state index >= 15 is 0 Å². The van der Waals surface area contributed by atoms with Crippen LogP contribution in [-0.2, 0) is 6.42 Å². The first kappa shape index (κ1) is 14.7. The summed E-state index contributed by atoms with van der Waals surface area (Å²) < 4.78 is 11.9. The minimum Gasteiger partial charge on any atom is -0.485 e. The van der Waals surface area contributed by atoms with Crippen LogP contribution in [0.25, 0.3) is 0 Å². The predicted octanol–water partition coefficient (Wildman–Crippen LogP) is 4.87. The number of aryl methyl sites for hydroxylation is 1. The van der Waals surface area contributed by atoms with E-state index in [1.807, 2.05) is 36.4 Å². The molecule has 0 aliphatic carbocycles. The lowest BCUT2D eigenvalue weighted by Gasteiger charge is -2.26. The summed E-state index contributed by atoms with van der Waals surface area (Å²) in [4.78, 5) is 4.63. The fraction of sp³-hybridized carbons (Fsp3) is 0.158. The Kier molecular flexibility index (Phi) is 3.89. The molecule has 0 N–H and O–H groups in total. The highest BCUT2D eigenvalue weighted by Gasteiger charge is 2.21. The van der Waals surface area contributed by atoms with Crippen LogP contribution in [0.4, 0.5) is 0 Å². The highest BCUT2D eigenvalue weighted by atomic mass is 32.1. The Bertz CT molecular complexity index is 899. The van der Waals surface area contributed by atoms with Crippen molar-refractivity contribution < 1.29 is 9.47 Å². The second-order valence-corrected chi connectivity index (χ2v) is 6.52. The number of nitriles is 1. The number of benzene rings is 2. The molecule has 4 rings (SSSR count). The Morgan fingerprint density at radius 3 is 2.88 bits per heavy atom. The summed E-state index contributed by atoms with van der Waals surface area (Å²) in [5, 5.41) is 9.32. The van der Waals surface area contributed by atoms with Crippen LogP contribution in [0.1, 0.15) is 28.5 Å². The van der Waals surface area contributed by atoms with Crippen LogP contribution in [0.3, 0.4) is 0 Å². The van der Waals surface area contributed by atoms with E-state index in [1.54, 1.807) is 0 Å². The standard InChI is InChI=1S/C19H14N2O2S/c20-11-16-12-21-19(24-16)22-15-7-9-18-14(10-15)6-8-17(23-18)13-4-2-1-3-5-13/h1-5,7,9-10,12,17H,6,8H2. The third kappa shape index (κ3) is 2.97. The maximum atomic E-state index is 8.84. The van der Waals surface area contributed by atoms with Gasteiger partial charge in [-0.05, 0) is 42.2 Å². The molecule has 0 radical (unpaired) electrons. The molecule has 0 amide bonds. The number of nitrogens with zero attached hydrogens (tertiary/aromatic N) is 2. The van der Waals surface area contributed by atoms with Crippen LogP contribution >= 0.6 is 11.3 Å². The summed E-state index contributed by atoms with van der Waals surface area (Å²) in [6.45, 7) is 0. The van der Waals surface area contributed by atoms with Gasteiger partial charge < -0.3 is 9.47 Å². The van der Waals surface area contributed by atoms with Gasteiger partial charge in [-0.15, -0.1) is 0 Å². The zero-order valence-corrected chi connectivity index (χ0v) is 13.6. The fourth-order valence-corrected chi connectivity index (χ4v) is 3.37. The molecular weight excluding hydrogens is 320 g/mol. The van der Waals surface area contributed by atoms with Gasteiger partial charge in [0.1, 0.15) is 28.5 Å². The van der Waals surface area contributed by atoms with Gasteiger partial charge >= 0.3 is 0 Å². The number of thiazole rings is 1. The zero-order valence-electron chi connectivity index (χ0n) is 12.8. The minimum absolute atomic E-state index is 0.0996. The zero-order chi connectivity index (χ0) is 16.4. The maximum absolute atomic E-state index is 8.84. The van der Waals surface area contributed by atoms with Crippen LogP contribution in [0, 0.1) is 11.3 Å². The maximum Gasteiger partial charge on any atom is 0.279 e. The summed E-state index contributed by atoms with van der Waals surface area (Å²) in [7, 11) is 0. The molecule has 3 aromatic rings. The summed E-state index contributed by atoms with van der Waals surface area (Å²) in [6.07, 6.45) is 3.50. The van der Waals surface area contributed by atoms with Gasteiger partial charge in [-0.2, -0.15) is 5.26 Å². The molecule has 0 fully saturated rings. The normalized spacial score (nSPS) is 15.9. The molecular formula is C19H14N2O2S. The second-order valence-electron chi connectivity index (χ2n) is 5.53. The van der Waals surface area contributed by atoms with Crippen LogP contribution in [0.15, 0.2) is 54.7 Å². The van der Waals surface area contributed by atoms with E-state index in [4.69, 9.17) is 14.7 Å². The molecule has 2 heterocycles. The van der Waals surface area contributed by atoms with Crippen LogP contribution < -0.4 is 9.47 Å². The molecule has 1 aromatic heterocycles. The third-order valence-electron chi connectivity index (χ3n) is 3.95. The minimum atomic E-state index is 0.0996. The summed E-state index contributed by atoms with van der Waals surface area (Å²) in [5.41, 5.74) is 2.34. The lowest BCUT2D eigenvalue weighted by molar-refractivity contribution is 0.176. The molecule has 4 nitrogen and oxygen atoms in total. The monoisotopic (exact) mass is 334 g/mol. The SMILES string of the molecule is N#Cc1cnc(Oc2ccc3c(c2)CCC(c2ccccc2)O3)s1. The van der Waals surface area contributed by atoms with Gasteiger partial charge in [0.25, 0.3) is 5.19 Å². The largest absolute Gasteiger partial charge is 0.485 e. The Balaban J connectivity index is 1.52. The number of hydrogen-bond acceptors (Lipinski definition) is 5. The average Bonchev–Trinajstić information content (AvgIpc) is 3.09. The first-order chi connectivity index (χ1) is 11.8. The summed E-state index contributed by atoms with van der Waals surface area (Å²) in [6, 6.07) is 18.2. The van der Waals surface area contributed by atoms with Crippen molar-refractivity contribution in [2.45, 2.75) is 18.9 Å². The van der Waals surface area contributed by atoms with E-state index in [9.17, 15) is 0 Å². The molecule has 0 saturated carbocycles. The fourth-order valence-electron chi connectivity index (χ4n) is 2.79. The molecule has 2 aromatic carbocycles. The lowest BCUT2D eigenvalue weighted by atomic mass is 9.97. The molecule has 24 heavy (non-hydrogen) atoms. The van der Waals surface area contributed by atoms with Gasteiger partial charge in [0.05, 0.1) is 6.20 Å². The first-order valence-corrected chi connectivity index (χ1v) is 8.52. The van der Waals surface area contributed by atoms with Crippen molar-refractivity contribution in [2.75, 3.05) is 0 Å². The Morgan fingerprint density at radius 2 is 2.08 bits per heavy atom. The van der Waals surface area contributed by atoms with Crippen molar-refractivity contribution in [1.29, 1.82) is 5.26 Å². The van der Waals surface area contributed by atoms with Crippen molar-refractivity contribution in [3.8, 4) is 22.8 Å².